The minimum atomic E-state index is -5.12. The van der Waals surface area contributed by atoms with Crippen molar-refractivity contribution in [2.75, 3.05) is 37.5 Å². The molecule has 2 unspecified atom stereocenters. The van der Waals surface area contributed by atoms with Crippen molar-refractivity contribution < 1.29 is 49.5 Å². The van der Waals surface area contributed by atoms with Gasteiger partial charge in [0.05, 0.1) is 21.8 Å². The molecule has 2 aromatic carbocycles. The molecule has 23 heteroatoms. The summed E-state index contributed by atoms with van der Waals surface area (Å²) in [6.07, 6.45) is -2.61. The van der Waals surface area contributed by atoms with Gasteiger partial charge in [0.25, 0.3) is 20.0 Å². The zero-order chi connectivity index (χ0) is 33.2. The molecule has 0 aliphatic carbocycles. The number of nitrogens with one attached hydrogen (secondary N) is 2. The van der Waals surface area contributed by atoms with Gasteiger partial charge in [0.15, 0.2) is 0 Å². The molecule has 0 saturated carbocycles. The topological polar surface area (TPSA) is 195 Å². The number of alkyl halides is 2. The Balaban J connectivity index is 1.41. The lowest BCUT2D eigenvalue weighted by molar-refractivity contribution is 0.330. The summed E-state index contributed by atoms with van der Waals surface area (Å²) in [6, 6.07) is 8.65. The molecule has 0 saturated heterocycles. The summed E-state index contributed by atoms with van der Waals surface area (Å²) < 4.78 is 95.8. The van der Waals surface area contributed by atoms with E-state index in [1.807, 2.05) is 9.44 Å². The number of fused-ring (bicyclic) bond motifs is 2. The van der Waals surface area contributed by atoms with Crippen LogP contribution >= 0.6 is 84.3 Å². The van der Waals surface area contributed by atoms with Crippen LogP contribution < -0.4 is 18.9 Å². The zero-order valence-electron chi connectivity index (χ0n) is 22.3. The van der Waals surface area contributed by atoms with Crippen LogP contribution in [-0.4, -0.2) is 64.2 Å². The molecule has 0 fully saturated rings. The first kappa shape index (κ1) is 37.1. The number of rotatable bonds is 16. The third-order valence-corrected chi connectivity index (χ3v) is 16.1. The molecule has 0 spiro atoms. The smallest absolute Gasteiger partial charge is 0.350 e. The Bertz CT molecular complexity index is 1900. The summed E-state index contributed by atoms with van der Waals surface area (Å²) in [5.41, 5.74) is 0. The molecule has 4 rings (SSSR count). The third kappa shape index (κ3) is 9.25. The molecule has 13 nitrogen and oxygen atoms in total. The van der Waals surface area contributed by atoms with Crippen molar-refractivity contribution >= 4 is 124 Å². The predicted molar refractivity (Wildman–Crippen MR) is 177 cm³/mol. The minimum Gasteiger partial charge on any atom is -0.491 e. The summed E-state index contributed by atoms with van der Waals surface area (Å²) >= 11 is 25.5. The van der Waals surface area contributed by atoms with E-state index in [1.165, 1.54) is 24.3 Å². The Morgan fingerprint density at radius 1 is 0.711 bits per heavy atom. The average Bonchev–Trinajstić information content (AvgIpc) is 3.61. The van der Waals surface area contributed by atoms with Gasteiger partial charge in [-0.3, -0.25) is 9.13 Å². The van der Waals surface area contributed by atoms with Crippen LogP contribution in [-0.2, 0) is 33.5 Å². The first-order valence-corrected chi connectivity index (χ1v) is 22.1. The molecule has 2 heterocycles. The molecule has 2 aromatic heterocycles. The van der Waals surface area contributed by atoms with Crippen LogP contribution in [0, 0.1) is 0 Å². The van der Waals surface area contributed by atoms with Crippen LogP contribution in [0.4, 0.5) is 0 Å². The standard InChI is InChI=1S/C22H22Cl4N2O11P2S4/c23-5-7-37-15-1-3-17-13(21(15)25)9-19(42-17)44(33,34)27-11-40(29,30)39-41(31,32)12-28-45(35,36)20-10-14-18(43-20)4-2-16(22(14)26)38-8-6-24/h1-4,9-10,27-28H,5-8,11-12H2,(H,29,30)(H,31,32). The van der Waals surface area contributed by atoms with Crippen LogP contribution in [0.25, 0.3) is 20.2 Å². The fourth-order valence-corrected chi connectivity index (χ4v) is 13.3. The molecule has 0 bridgehead atoms. The fraction of sp³-hybridized carbons (Fsp3) is 0.273. The van der Waals surface area contributed by atoms with Gasteiger partial charge in [-0.05, 0) is 36.4 Å². The maximum Gasteiger partial charge on any atom is 0.350 e. The van der Waals surface area contributed by atoms with Crippen molar-refractivity contribution in [3.8, 4) is 11.5 Å². The second-order valence-electron chi connectivity index (χ2n) is 8.75. The van der Waals surface area contributed by atoms with E-state index >= 15 is 0 Å². The summed E-state index contributed by atoms with van der Waals surface area (Å²) in [4.78, 5) is 20.3. The minimum absolute atomic E-state index is 0.134. The summed E-state index contributed by atoms with van der Waals surface area (Å²) in [7, 11) is -19.1. The molecule has 4 N–H and O–H groups in total. The van der Waals surface area contributed by atoms with Crippen LogP contribution in [0.1, 0.15) is 0 Å². The molecule has 248 valence electrons. The third-order valence-electron chi connectivity index (χ3n) is 5.52. The van der Waals surface area contributed by atoms with Crippen LogP contribution in [0.15, 0.2) is 44.8 Å². The summed E-state index contributed by atoms with van der Waals surface area (Å²) in [5.74, 6) is 0.956. The quantitative estimate of drug-likeness (QED) is 0.0741. The van der Waals surface area contributed by atoms with Gasteiger partial charge in [0.2, 0.25) is 0 Å². The monoisotopic (exact) mass is 820 g/mol. The van der Waals surface area contributed by atoms with Gasteiger partial charge in [-0.2, -0.15) is 9.44 Å². The van der Waals surface area contributed by atoms with Gasteiger partial charge in [0, 0.05) is 20.2 Å². The van der Waals surface area contributed by atoms with Crippen molar-refractivity contribution in [2.45, 2.75) is 8.42 Å². The molecule has 2 atom stereocenters. The van der Waals surface area contributed by atoms with Crippen LogP contribution in [0.2, 0.25) is 10.0 Å². The van der Waals surface area contributed by atoms with E-state index in [0.717, 1.165) is 22.7 Å². The number of sulfonamides is 2. The number of ether oxygens (including phenoxy) is 2. The lowest BCUT2D eigenvalue weighted by atomic mass is 10.2. The fourth-order valence-electron chi connectivity index (χ4n) is 3.59. The number of thiophene rings is 2. The first-order valence-electron chi connectivity index (χ1n) is 12.1. The molecular formula is C22H22Cl4N2O11P2S4. The highest BCUT2D eigenvalue weighted by Crippen LogP contribution is 2.58. The van der Waals surface area contributed by atoms with Gasteiger partial charge < -0.3 is 19.3 Å². The summed E-state index contributed by atoms with van der Waals surface area (Å²) in [6.45, 7) is 0.329. The lowest BCUT2D eigenvalue weighted by Crippen LogP contribution is -2.26. The second kappa shape index (κ2) is 14.8. The van der Waals surface area contributed by atoms with E-state index < -0.39 is 47.8 Å². The molecular weight excluding hydrogens is 800 g/mol. The van der Waals surface area contributed by atoms with Gasteiger partial charge in [-0.1, -0.05) is 23.2 Å². The maximum atomic E-state index is 12.8. The highest BCUT2D eigenvalue weighted by Gasteiger charge is 2.35. The molecule has 4 aromatic rings. The van der Waals surface area contributed by atoms with Crippen molar-refractivity contribution in [3.63, 3.8) is 0 Å². The molecule has 0 aliphatic heterocycles. The van der Waals surface area contributed by atoms with Crippen molar-refractivity contribution in [1.29, 1.82) is 0 Å². The maximum absolute atomic E-state index is 12.8. The van der Waals surface area contributed by atoms with E-state index in [4.69, 9.17) is 55.9 Å². The second-order valence-corrected chi connectivity index (χ2v) is 20.3. The van der Waals surface area contributed by atoms with Gasteiger partial charge >= 0.3 is 15.2 Å². The SMILES string of the molecule is O=P(O)(CNS(=O)(=O)c1cc2c(Cl)c(OCCCl)ccc2s1)OP(=O)(O)CNS(=O)(=O)c1cc2c(Cl)c(OCCCl)ccc2s1. The van der Waals surface area contributed by atoms with E-state index in [-0.39, 0.29) is 54.9 Å². The Kier molecular flexibility index (Phi) is 12.2. The van der Waals surface area contributed by atoms with Crippen molar-refractivity contribution in [1.82, 2.24) is 9.44 Å². The Morgan fingerprint density at radius 2 is 1.09 bits per heavy atom. The molecule has 45 heavy (non-hydrogen) atoms. The number of hydrogen-bond donors (Lipinski definition) is 4. The van der Waals surface area contributed by atoms with Crippen molar-refractivity contribution in [2.24, 2.45) is 0 Å². The van der Waals surface area contributed by atoms with E-state index in [0.29, 0.717) is 20.2 Å². The highest BCUT2D eigenvalue weighted by molar-refractivity contribution is 7.92. The highest BCUT2D eigenvalue weighted by atomic mass is 35.5. The Labute approximate surface area is 285 Å². The number of halogens is 4. The van der Waals surface area contributed by atoms with Gasteiger partial charge in [-0.25, -0.2) is 21.1 Å². The van der Waals surface area contributed by atoms with Gasteiger partial charge in [0.1, 0.15) is 45.7 Å². The van der Waals surface area contributed by atoms with Gasteiger partial charge in [-0.15, -0.1) is 45.9 Å². The van der Waals surface area contributed by atoms with Crippen molar-refractivity contribution in [3.05, 3.63) is 46.4 Å². The van der Waals surface area contributed by atoms with Crippen LogP contribution in [0.5, 0.6) is 11.5 Å². The molecule has 0 aliphatic rings. The average molecular weight is 822 g/mol. The zero-order valence-corrected chi connectivity index (χ0v) is 30.4. The predicted octanol–water partition coefficient (Wildman–Crippen LogP) is 6.22. The van der Waals surface area contributed by atoms with E-state index in [2.05, 4.69) is 4.31 Å². The largest absolute Gasteiger partial charge is 0.491 e. The molecule has 0 radical (unpaired) electrons. The summed E-state index contributed by atoms with van der Waals surface area (Å²) in [5, 5.41) is 0.946. The van der Waals surface area contributed by atoms with E-state index in [9.17, 15) is 35.8 Å². The number of benzene rings is 2. The first-order chi connectivity index (χ1) is 21.0. The normalized spacial score (nSPS) is 15.2. The van der Waals surface area contributed by atoms with Crippen LogP contribution in [0.3, 0.4) is 0 Å². The Morgan fingerprint density at radius 3 is 1.44 bits per heavy atom. The van der Waals surface area contributed by atoms with E-state index in [1.54, 1.807) is 12.1 Å². The molecule has 0 amide bonds. The Hall–Kier alpha value is -0.720. The number of hydrogen-bond acceptors (Lipinski definition) is 11. The lowest BCUT2D eigenvalue weighted by Gasteiger charge is -2.17.